The molecule has 6 nitrogen and oxygen atoms in total. The molecule has 0 radical (unpaired) electrons. The quantitative estimate of drug-likeness (QED) is 0.382. The van der Waals surface area contributed by atoms with Crippen molar-refractivity contribution in [2.45, 2.75) is 24.9 Å². The molecule has 0 saturated heterocycles. The van der Waals surface area contributed by atoms with Gasteiger partial charge in [0.05, 0.1) is 24.6 Å². The van der Waals surface area contributed by atoms with E-state index >= 15 is 0 Å². The zero-order chi connectivity index (χ0) is 23.8. The predicted octanol–water partition coefficient (Wildman–Crippen LogP) is 4.58. The molecular weight excluding hydrogens is 480 g/mol. The summed E-state index contributed by atoms with van der Waals surface area (Å²) in [5.41, 5.74) is 0.975. The second kappa shape index (κ2) is 11.8. The van der Waals surface area contributed by atoms with Gasteiger partial charge in [0.2, 0.25) is 15.9 Å². The van der Waals surface area contributed by atoms with Gasteiger partial charge in [-0.15, -0.1) is 11.3 Å². The predicted molar refractivity (Wildman–Crippen MR) is 132 cm³/mol. The summed E-state index contributed by atoms with van der Waals surface area (Å²) in [6.45, 7) is 2.75. The number of methoxy groups -OCH3 is 1. The van der Waals surface area contributed by atoms with Crippen LogP contribution in [0.2, 0.25) is 5.02 Å². The summed E-state index contributed by atoms with van der Waals surface area (Å²) >= 11 is 7.54. The second-order valence-corrected chi connectivity index (χ2v) is 11.3. The summed E-state index contributed by atoms with van der Waals surface area (Å²) < 4.78 is 32.8. The lowest BCUT2D eigenvalue weighted by Gasteiger charge is -2.27. The SMILES string of the molecule is COCCN(CC(=O)N(Cc1ccccc1)Cc1ccc(C)s1)S(=O)(=O)c1ccc(Cl)cc1. The maximum Gasteiger partial charge on any atom is 0.243 e. The fourth-order valence-electron chi connectivity index (χ4n) is 3.28. The number of carbonyl (C=O) groups is 1. The van der Waals surface area contributed by atoms with Gasteiger partial charge in [0.25, 0.3) is 0 Å². The molecule has 0 spiro atoms. The Morgan fingerprint density at radius 3 is 2.30 bits per heavy atom. The summed E-state index contributed by atoms with van der Waals surface area (Å²) in [6.07, 6.45) is 0. The first-order valence-electron chi connectivity index (χ1n) is 10.4. The number of nitrogens with zero attached hydrogens (tertiary/aromatic N) is 2. The maximum absolute atomic E-state index is 13.4. The van der Waals surface area contributed by atoms with Crippen LogP contribution in [0.15, 0.2) is 71.6 Å². The topological polar surface area (TPSA) is 66.9 Å². The number of sulfonamides is 1. The number of hydrogen-bond acceptors (Lipinski definition) is 5. The number of halogens is 1. The largest absolute Gasteiger partial charge is 0.383 e. The molecule has 0 fully saturated rings. The van der Waals surface area contributed by atoms with E-state index in [1.54, 1.807) is 16.2 Å². The van der Waals surface area contributed by atoms with Crippen LogP contribution < -0.4 is 0 Å². The van der Waals surface area contributed by atoms with Gasteiger partial charge in [-0.05, 0) is 48.9 Å². The molecule has 176 valence electrons. The van der Waals surface area contributed by atoms with Crippen molar-refractivity contribution in [3.63, 3.8) is 0 Å². The third-order valence-corrected chi connectivity index (χ3v) is 8.12. The van der Waals surface area contributed by atoms with E-state index in [1.165, 1.54) is 35.7 Å². The number of hydrogen-bond donors (Lipinski definition) is 0. The van der Waals surface area contributed by atoms with Crippen LogP contribution in [0, 0.1) is 6.92 Å². The molecule has 1 heterocycles. The summed E-state index contributed by atoms with van der Waals surface area (Å²) in [7, 11) is -2.41. The molecule has 3 aromatic rings. The molecule has 0 aliphatic carbocycles. The van der Waals surface area contributed by atoms with Crippen molar-refractivity contribution in [1.82, 2.24) is 9.21 Å². The van der Waals surface area contributed by atoms with Gasteiger partial charge < -0.3 is 9.64 Å². The number of ether oxygens (including phenoxy) is 1. The maximum atomic E-state index is 13.4. The molecule has 0 atom stereocenters. The molecule has 0 unspecified atom stereocenters. The summed E-state index contributed by atoms with van der Waals surface area (Å²) in [5, 5.41) is 0.439. The van der Waals surface area contributed by atoms with Crippen LogP contribution in [0.3, 0.4) is 0 Å². The molecule has 9 heteroatoms. The third kappa shape index (κ3) is 7.12. The van der Waals surface area contributed by atoms with Gasteiger partial charge in [-0.25, -0.2) is 8.42 Å². The van der Waals surface area contributed by atoms with Gasteiger partial charge in [0.1, 0.15) is 0 Å². The van der Waals surface area contributed by atoms with Crippen molar-refractivity contribution in [2.24, 2.45) is 0 Å². The number of carbonyl (C=O) groups excluding carboxylic acids is 1. The van der Waals surface area contributed by atoms with Crippen molar-refractivity contribution in [3.8, 4) is 0 Å². The van der Waals surface area contributed by atoms with E-state index < -0.39 is 10.0 Å². The molecule has 1 amide bonds. The zero-order valence-electron chi connectivity index (χ0n) is 18.6. The lowest BCUT2D eigenvalue weighted by Crippen LogP contribution is -2.43. The second-order valence-electron chi connectivity index (χ2n) is 7.53. The lowest BCUT2D eigenvalue weighted by molar-refractivity contribution is -0.132. The highest BCUT2D eigenvalue weighted by Crippen LogP contribution is 2.21. The summed E-state index contributed by atoms with van der Waals surface area (Å²) in [6, 6.07) is 19.6. The first-order chi connectivity index (χ1) is 15.8. The Hall–Kier alpha value is -2.23. The molecule has 3 rings (SSSR count). The summed E-state index contributed by atoms with van der Waals surface area (Å²) in [5.74, 6) is -0.279. The Morgan fingerprint density at radius 1 is 1.00 bits per heavy atom. The van der Waals surface area contributed by atoms with Crippen molar-refractivity contribution in [3.05, 3.63) is 87.1 Å². The normalized spacial score (nSPS) is 11.6. The van der Waals surface area contributed by atoms with Crippen LogP contribution in [0.25, 0.3) is 0 Å². The first-order valence-corrected chi connectivity index (χ1v) is 13.0. The van der Waals surface area contributed by atoms with Crippen molar-refractivity contribution in [1.29, 1.82) is 0 Å². The van der Waals surface area contributed by atoms with Crippen LogP contribution in [0.1, 0.15) is 15.3 Å². The van der Waals surface area contributed by atoms with Crippen LogP contribution in [-0.4, -0.2) is 50.3 Å². The molecule has 0 N–H and O–H groups in total. The Kier molecular flexibility index (Phi) is 9.05. The molecule has 0 saturated carbocycles. The lowest BCUT2D eigenvalue weighted by atomic mass is 10.2. The van der Waals surface area contributed by atoms with Crippen LogP contribution in [0.5, 0.6) is 0 Å². The van der Waals surface area contributed by atoms with Gasteiger partial charge in [-0.3, -0.25) is 4.79 Å². The zero-order valence-corrected chi connectivity index (χ0v) is 21.0. The number of thiophene rings is 1. The Morgan fingerprint density at radius 2 is 1.70 bits per heavy atom. The molecule has 0 aliphatic heterocycles. The average Bonchev–Trinajstić information content (AvgIpc) is 3.21. The van der Waals surface area contributed by atoms with Gasteiger partial charge in [0.15, 0.2) is 0 Å². The van der Waals surface area contributed by atoms with Crippen LogP contribution >= 0.6 is 22.9 Å². The van der Waals surface area contributed by atoms with E-state index in [-0.39, 0.29) is 30.5 Å². The van der Waals surface area contributed by atoms with E-state index in [0.29, 0.717) is 18.1 Å². The van der Waals surface area contributed by atoms with Crippen LogP contribution in [0.4, 0.5) is 0 Å². The number of aryl methyl sites for hydroxylation is 1. The van der Waals surface area contributed by atoms with Crippen molar-refractivity contribution in [2.75, 3.05) is 26.8 Å². The van der Waals surface area contributed by atoms with Crippen molar-refractivity contribution < 1.29 is 17.9 Å². The Labute approximate surface area is 204 Å². The highest BCUT2D eigenvalue weighted by Gasteiger charge is 2.28. The number of rotatable bonds is 11. The molecule has 33 heavy (non-hydrogen) atoms. The van der Waals surface area contributed by atoms with E-state index in [9.17, 15) is 13.2 Å². The summed E-state index contributed by atoms with van der Waals surface area (Å²) in [4.78, 5) is 17.4. The average molecular weight is 507 g/mol. The number of amides is 1. The standard InChI is InChI=1S/C24H27ClN2O4S2/c1-19-8-11-22(32-19)17-26(16-20-6-4-3-5-7-20)24(28)18-27(14-15-31-2)33(29,30)23-12-9-21(25)10-13-23/h3-13H,14-18H2,1-2H3. The number of benzene rings is 2. The van der Waals surface area contributed by atoms with Crippen LogP contribution in [-0.2, 0) is 32.6 Å². The Bertz CT molecular complexity index is 1150. The van der Waals surface area contributed by atoms with Gasteiger partial charge in [0, 0.05) is 35.0 Å². The fraction of sp³-hybridized carbons (Fsp3) is 0.292. The van der Waals surface area contributed by atoms with Gasteiger partial charge in [-0.2, -0.15) is 4.31 Å². The highest BCUT2D eigenvalue weighted by atomic mass is 35.5. The van der Waals surface area contributed by atoms with E-state index in [4.69, 9.17) is 16.3 Å². The molecule has 2 aromatic carbocycles. The Balaban J connectivity index is 1.85. The van der Waals surface area contributed by atoms with Gasteiger partial charge in [-0.1, -0.05) is 41.9 Å². The highest BCUT2D eigenvalue weighted by molar-refractivity contribution is 7.89. The van der Waals surface area contributed by atoms with Gasteiger partial charge >= 0.3 is 0 Å². The molecule has 1 aromatic heterocycles. The molecular formula is C24H27ClN2O4S2. The third-order valence-electron chi connectivity index (χ3n) is 5.02. The minimum atomic E-state index is -3.91. The van der Waals surface area contributed by atoms with E-state index in [2.05, 4.69) is 0 Å². The molecule has 0 bridgehead atoms. The monoisotopic (exact) mass is 506 g/mol. The molecule has 0 aliphatic rings. The minimum absolute atomic E-state index is 0.0600. The van der Waals surface area contributed by atoms with Crippen molar-refractivity contribution >= 4 is 38.9 Å². The van der Waals surface area contributed by atoms with E-state index in [0.717, 1.165) is 15.3 Å². The smallest absolute Gasteiger partial charge is 0.243 e. The first kappa shape index (κ1) is 25.4. The van der Waals surface area contributed by atoms with E-state index in [1.807, 2.05) is 49.4 Å². The fourth-order valence-corrected chi connectivity index (χ4v) is 5.68. The minimum Gasteiger partial charge on any atom is -0.383 e.